The van der Waals surface area contributed by atoms with E-state index in [1.807, 2.05) is 6.07 Å². The summed E-state index contributed by atoms with van der Waals surface area (Å²) >= 11 is 0. The van der Waals surface area contributed by atoms with Gasteiger partial charge in [0.2, 0.25) is 0 Å². The van der Waals surface area contributed by atoms with Gasteiger partial charge in [-0.25, -0.2) is 0 Å². The number of amides is 1. The summed E-state index contributed by atoms with van der Waals surface area (Å²) in [6.45, 7) is 1.46. The highest BCUT2D eigenvalue weighted by Crippen LogP contribution is 2.31. The van der Waals surface area contributed by atoms with Crippen molar-refractivity contribution in [1.29, 1.82) is 0 Å². The van der Waals surface area contributed by atoms with Crippen LogP contribution in [-0.4, -0.2) is 58.6 Å². The van der Waals surface area contributed by atoms with E-state index in [4.69, 9.17) is 10.5 Å². The summed E-state index contributed by atoms with van der Waals surface area (Å²) in [6.07, 6.45) is 4.22. The van der Waals surface area contributed by atoms with Crippen LogP contribution in [0.5, 0.6) is 5.75 Å². The molecule has 2 saturated carbocycles. The van der Waals surface area contributed by atoms with Gasteiger partial charge in [-0.1, -0.05) is 57.2 Å². The van der Waals surface area contributed by atoms with Crippen LogP contribution in [-0.2, 0) is 14.4 Å². The lowest BCUT2D eigenvalue weighted by Gasteiger charge is -2.30. The van der Waals surface area contributed by atoms with Crippen molar-refractivity contribution in [2.24, 2.45) is 23.5 Å². The minimum absolute atomic E-state index is 0.0786. The molecular weight excluding hydrogens is 436 g/mol. The number of aliphatic hydroxyl groups is 2. The molecule has 0 spiro atoms. The van der Waals surface area contributed by atoms with Crippen LogP contribution in [0.4, 0.5) is 0 Å². The Balaban J connectivity index is 1.47. The van der Waals surface area contributed by atoms with Crippen molar-refractivity contribution in [1.82, 2.24) is 5.32 Å². The Kier molecular flexibility index (Phi) is 9.62. The number of hydrogen-bond donors (Lipinski definition) is 4. The van der Waals surface area contributed by atoms with Gasteiger partial charge in [-0.2, -0.15) is 0 Å². The van der Waals surface area contributed by atoms with Crippen molar-refractivity contribution < 1.29 is 29.3 Å². The Morgan fingerprint density at radius 2 is 1.82 bits per heavy atom. The van der Waals surface area contributed by atoms with Gasteiger partial charge in [0.25, 0.3) is 5.91 Å². The molecule has 0 bridgehead atoms. The molecule has 2 fully saturated rings. The minimum atomic E-state index is -1.12. The van der Waals surface area contributed by atoms with E-state index in [1.54, 1.807) is 31.2 Å². The zero-order valence-electron chi connectivity index (χ0n) is 19.9. The van der Waals surface area contributed by atoms with E-state index in [1.165, 1.54) is 19.3 Å². The SMILES string of the molecule is CC(C[C@H](O)[C@H](O)[C@@H](N)CC1CCCCC1)C1C(=O)C[C@H](NC(=O)COc2ccccc2)C1=O. The molecule has 8 nitrogen and oxygen atoms in total. The number of nitrogens with two attached hydrogens (primary N) is 1. The first-order valence-corrected chi connectivity index (χ1v) is 12.4. The van der Waals surface area contributed by atoms with Crippen LogP contribution in [0.1, 0.15) is 58.3 Å². The van der Waals surface area contributed by atoms with E-state index in [0.29, 0.717) is 18.1 Å². The van der Waals surface area contributed by atoms with E-state index < -0.39 is 42.0 Å². The van der Waals surface area contributed by atoms with Gasteiger partial charge in [0.1, 0.15) is 11.5 Å². The van der Waals surface area contributed by atoms with Crippen molar-refractivity contribution in [2.75, 3.05) is 6.61 Å². The molecule has 1 aromatic rings. The molecule has 2 unspecified atom stereocenters. The molecule has 8 heteroatoms. The largest absolute Gasteiger partial charge is 0.484 e. The standard InChI is InChI=1S/C26H38N2O6/c1-16(12-22(30)25(32)19(27)13-17-8-4-2-5-9-17)24-21(29)14-20(26(24)33)28-23(31)15-34-18-10-6-3-7-11-18/h3,6-7,10-11,16-17,19-20,22,24-25,30,32H,2,4-5,8-9,12-15,27H2,1H3,(H,28,31)/t16?,19-,20-,22-,24?,25+/m0/s1. The number of para-hydroxylation sites is 1. The zero-order valence-corrected chi connectivity index (χ0v) is 19.9. The average molecular weight is 475 g/mol. The highest BCUT2D eigenvalue weighted by molar-refractivity contribution is 6.13. The zero-order chi connectivity index (χ0) is 24.7. The molecule has 0 radical (unpaired) electrons. The van der Waals surface area contributed by atoms with E-state index in [-0.39, 0.29) is 31.0 Å². The smallest absolute Gasteiger partial charge is 0.258 e. The van der Waals surface area contributed by atoms with E-state index in [9.17, 15) is 24.6 Å². The lowest BCUT2D eigenvalue weighted by molar-refractivity contribution is -0.132. The monoisotopic (exact) mass is 474 g/mol. The Bertz CT molecular complexity index is 826. The van der Waals surface area contributed by atoms with E-state index in [2.05, 4.69) is 5.32 Å². The molecule has 0 aliphatic heterocycles. The summed E-state index contributed by atoms with van der Waals surface area (Å²) in [4.78, 5) is 37.7. The quantitative estimate of drug-likeness (QED) is 0.358. The van der Waals surface area contributed by atoms with Gasteiger partial charge in [0, 0.05) is 12.5 Å². The summed E-state index contributed by atoms with van der Waals surface area (Å²) in [5.74, 6) is -1.50. The number of hydrogen-bond acceptors (Lipinski definition) is 7. The molecule has 2 aliphatic carbocycles. The number of Topliss-reactive ketones (excluding diaryl/α,β-unsaturated/α-hetero) is 2. The third kappa shape index (κ3) is 7.10. The second-order valence-corrected chi connectivity index (χ2v) is 9.95. The lowest BCUT2D eigenvalue weighted by atomic mass is 9.81. The number of ether oxygens (including phenoxy) is 1. The molecule has 2 aliphatic rings. The fourth-order valence-corrected chi connectivity index (χ4v) is 5.31. The first-order valence-electron chi connectivity index (χ1n) is 12.4. The van der Waals surface area contributed by atoms with Crippen molar-refractivity contribution in [3.05, 3.63) is 30.3 Å². The van der Waals surface area contributed by atoms with Crippen LogP contribution in [0.15, 0.2) is 30.3 Å². The van der Waals surface area contributed by atoms with Crippen molar-refractivity contribution >= 4 is 17.5 Å². The Labute approximate surface area is 201 Å². The second kappa shape index (κ2) is 12.4. The minimum Gasteiger partial charge on any atom is -0.484 e. The second-order valence-electron chi connectivity index (χ2n) is 9.95. The van der Waals surface area contributed by atoms with Gasteiger partial charge in [-0.05, 0) is 36.8 Å². The van der Waals surface area contributed by atoms with Gasteiger partial charge in [-0.3, -0.25) is 14.4 Å². The maximum Gasteiger partial charge on any atom is 0.258 e. The van der Waals surface area contributed by atoms with Crippen LogP contribution in [0, 0.1) is 17.8 Å². The number of rotatable bonds is 11. The summed E-state index contributed by atoms with van der Waals surface area (Å²) in [5.41, 5.74) is 6.18. The fraction of sp³-hybridized carbons (Fsp3) is 0.654. The molecule has 0 saturated heterocycles. The fourth-order valence-electron chi connectivity index (χ4n) is 5.31. The van der Waals surface area contributed by atoms with Crippen molar-refractivity contribution in [3.63, 3.8) is 0 Å². The van der Waals surface area contributed by atoms with Gasteiger partial charge < -0.3 is 26.0 Å². The molecule has 0 aromatic heterocycles. The van der Waals surface area contributed by atoms with Crippen LogP contribution in [0.3, 0.4) is 0 Å². The summed E-state index contributed by atoms with van der Waals surface area (Å²) < 4.78 is 5.39. The molecule has 5 N–H and O–H groups in total. The molecule has 0 heterocycles. The average Bonchev–Trinajstić information content (AvgIpc) is 3.10. The number of carbonyl (C=O) groups is 3. The summed E-state index contributed by atoms with van der Waals surface area (Å²) in [6, 6.07) is 7.39. The molecule has 1 amide bonds. The third-order valence-corrected chi connectivity index (χ3v) is 7.20. The number of nitrogens with one attached hydrogen (secondary N) is 1. The Hall–Kier alpha value is -2.29. The summed E-state index contributed by atoms with van der Waals surface area (Å²) in [5, 5.41) is 23.7. The van der Waals surface area contributed by atoms with Crippen LogP contribution >= 0.6 is 0 Å². The first kappa shape index (κ1) is 26.3. The summed E-state index contributed by atoms with van der Waals surface area (Å²) in [7, 11) is 0. The maximum absolute atomic E-state index is 12.9. The van der Waals surface area contributed by atoms with Gasteiger partial charge in [0.05, 0.1) is 24.2 Å². The highest BCUT2D eigenvalue weighted by Gasteiger charge is 2.45. The maximum atomic E-state index is 12.9. The molecule has 188 valence electrons. The number of aliphatic hydroxyl groups excluding tert-OH is 2. The normalized spacial score (nSPS) is 24.9. The number of benzene rings is 1. The first-order chi connectivity index (χ1) is 16.3. The molecular formula is C26H38N2O6. The number of ketones is 2. The molecule has 6 atom stereocenters. The van der Waals surface area contributed by atoms with E-state index >= 15 is 0 Å². The van der Waals surface area contributed by atoms with Gasteiger partial charge in [0.15, 0.2) is 12.4 Å². The van der Waals surface area contributed by atoms with Crippen LogP contribution in [0.2, 0.25) is 0 Å². The van der Waals surface area contributed by atoms with Gasteiger partial charge in [-0.15, -0.1) is 0 Å². The van der Waals surface area contributed by atoms with Crippen molar-refractivity contribution in [3.8, 4) is 5.75 Å². The van der Waals surface area contributed by atoms with Crippen molar-refractivity contribution in [2.45, 2.75) is 82.6 Å². The molecule has 1 aromatic carbocycles. The van der Waals surface area contributed by atoms with Crippen LogP contribution in [0.25, 0.3) is 0 Å². The Morgan fingerprint density at radius 1 is 1.15 bits per heavy atom. The van der Waals surface area contributed by atoms with Crippen LogP contribution < -0.4 is 15.8 Å². The predicted octanol–water partition coefficient (Wildman–Crippen LogP) is 1.75. The lowest BCUT2D eigenvalue weighted by Crippen LogP contribution is -2.46. The Morgan fingerprint density at radius 3 is 2.50 bits per heavy atom. The molecule has 3 rings (SSSR count). The third-order valence-electron chi connectivity index (χ3n) is 7.20. The number of carbonyl (C=O) groups excluding carboxylic acids is 3. The highest BCUT2D eigenvalue weighted by atomic mass is 16.5. The topological polar surface area (TPSA) is 139 Å². The predicted molar refractivity (Wildman–Crippen MR) is 127 cm³/mol. The van der Waals surface area contributed by atoms with Gasteiger partial charge >= 0.3 is 0 Å². The van der Waals surface area contributed by atoms with E-state index in [0.717, 1.165) is 12.8 Å². The molecule has 34 heavy (non-hydrogen) atoms.